The first-order chi connectivity index (χ1) is 22.9. The van der Waals surface area contributed by atoms with E-state index in [0.29, 0.717) is 26.4 Å². The van der Waals surface area contributed by atoms with Crippen molar-refractivity contribution in [3.8, 4) is 0 Å². The van der Waals surface area contributed by atoms with E-state index < -0.39 is 0 Å². The summed E-state index contributed by atoms with van der Waals surface area (Å²) in [4.78, 5) is 0. The summed E-state index contributed by atoms with van der Waals surface area (Å²) in [5.74, 6) is 5.89. The second-order valence-corrected chi connectivity index (χ2v) is 17.7. The first kappa shape index (κ1) is 45.9. The first-order valence-corrected chi connectivity index (χ1v) is 21.3. The summed E-state index contributed by atoms with van der Waals surface area (Å²) in [6.07, 6.45) is 24.0. The molecule has 4 unspecified atom stereocenters. The largest absolute Gasteiger partial charge is 0.351 e. The highest BCUT2D eigenvalue weighted by Crippen LogP contribution is 2.58. The van der Waals surface area contributed by atoms with Gasteiger partial charge in [-0.2, -0.15) is 0 Å². The molecule has 0 radical (unpaired) electrons. The van der Waals surface area contributed by atoms with Crippen molar-refractivity contribution in [3.63, 3.8) is 0 Å². The number of fused-ring (bicyclic) bond motifs is 5. The zero-order valence-corrected chi connectivity index (χ0v) is 35.0. The molecule has 288 valence electrons. The van der Waals surface area contributed by atoms with Gasteiger partial charge in [-0.15, -0.1) is 0 Å². The van der Waals surface area contributed by atoms with Crippen LogP contribution in [0.1, 0.15) is 199 Å². The number of hydrogen-bond donors (Lipinski definition) is 0. The second-order valence-electron chi connectivity index (χ2n) is 17.7. The molecule has 4 aliphatic carbocycles. The van der Waals surface area contributed by atoms with E-state index in [2.05, 4.69) is 90.0 Å². The highest BCUT2D eigenvalue weighted by Gasteiger charge is 2.49. The third-order valence-corrected chi connectivity index (χ3v) is 11.9. The van der Waals surface area contributed by atoms with Crippen LogP contribution in [-0.2, 0) is 18.9 Å². The summed E-state index contributed by atoms with van der Waals surface area (Å²) in [5.41, 5.74) is -0.0455. The van der Waals surface area contributed by atoms with Gasteiger partial charge >= 0.3 is 0 Å². The monoisotopic (exact) mass is 681 g/mol. The number of hydrogen-bond acceptors (Lipinski definition) is 4. The molecule has 0 N–H and O–H groups in total. The fourth-order valence-corrected chi connectivity index (χ4v) is 8.21. The van der Waals surface area contributed by atoms with Crippen LogP contribution in [-0.4, -0.2) is 39.0 Å². The van der Waals surface area contributed by atoms with Crippen molar-refractivity contribution >= 4 is 0 Å². The highest BCUT2D eigenvalue weighted by atomic mass is 16.7. The Hall–Kier alpha value is -0.160. The van der Waals surface area contributed by atoms with Crippen LogP contribution in [0.25, 0.3) is 0 Å². The van der Waals surface area contributed by atoms with Crippen LogP contribution in [0.5, 0.6) is 0 Å². The molecule has 0 aromatic heterocycles. The van der Waals surface area contributed by atoms with Crippen molar-refractivity contribution in [2.45, 2.75) is 212 Å². The molecule has 2 bridgehead atoms. The summed E-state index contributed by atoms with van der Waals surface area (Å²) in [6.45, 7) is 30.7. The standard InChI is InChI=1S/C17H32O4.C10H16.C8H16.3C3H8/c1-7-15(3,4)13-18-9-17(10-19-13)11-20-14(21-12-17)16(5,6)8-2;1-2-9-7-4-5-8(6-7)10(9)3-1;1-2-8-6-4-3-5-7-8;3*1-3-2/h13-14H,7-12H2,1-6H3;7-10H,1-6H2;8H,2-7H2,1H3;3*3H2,1-2H3. The van der Waals surface area contributed by atoms with E-state index in [0.717, 1.165) is 18.8 Å². The molecule has 48 heavy (non-hydrogen) atoms. The van der Waals surface area contributed by atoms with Crippen LogP contribution in [0.4, 0.5) is 0 Å². The smallest absolute Gasteiger partial charge is 0.162 e. The van der Waals surface area contributed by atoms with E-state index in [1.54, 1.807) is 38.5 Å². The van der Waals surface area contributed by atoms with Crippen molar-refractivity contribution in [2.75, 3.05) is 26.4 Å². The van der Waals surface area contributed by atoms with Crippen LogP contribution in [0, 0.1) is 45.8 Å². The van der Waals surface area contributed by atoms with Crippen molar-refractivity contribution in [2.24, 2.45) is 45.8 Å². The average Bonchev–Trinajstić information content (AvgIpc) is 3.85. The maximum absolute atomic E-state index is 5.99. The molecule has 6 aliphatic rings. The highest BCUT2D eigenvalue weighted by molar-refractivity contribution is 4.99. The molecule has 0 amide bonds. The zero-order valence-electron chi connectivity index (χ0n) is 35.0. The van der Waals surface area contributed by atoms with Gasteiger partial charge in [0.05, 0.1) is 31.8 Å². The second kappa shape index (κ2) is 24.2. The Kier molecular flexibility index (Phi) is 23.1. The van der Waals surface area contributed by atoms with E-state index in [9.17, 15) is 0 Å². The van der Waals surface area contributed by atoms with Gasteiger partial charge in [-0.25, -0.2) is 0 Å². The van der Waals surface area contributed by atoms with Gasteiger partial charge in [0.2, 0.25) is 0 Å². The molecular formula is C44H88O4. The van der Waals surface area contributed by atoms with Gasteiger partial charge in [0.25, 0.3) is 0 Å². The van der Waals surface area contributed by atoms with Gasteiger partial charge in [0.15, 0.2) is 12.6 Å². The zero-order chi connectivity index (χ0) is 36.2. The summed E-state index contributed by atoms with van der Waals surface area (Å²) in [6, 6.07) is 0. The molecule has 0 aromatic rings. The Labute approximate surface area is 302 Å². The first-order valence-electron chi connectivity index (χ1n) is 21.3. The third kappa shape index (κ3) is 14.8. The predicted molar refractivity (Wildman–Crippen MR) is 208 cm³/mol. The molecule has 2 saturated heterocycles. The molecule has 4 atom stereocenters. The maximum atomic E-state index is 5.99. The van der Waals surface area contributed by atoms with Crippen molar-refractivity contribution in [1.29, 1.82) is 0 Å². The minimum atomic E-state index is -0.138. The van der Waals surface area contributed by atoms with Crippen LogP contribution < -0.4 is 0 Å². The van der Waals surface area contributed by atoms with E-state index in [1.807, 2.05) is 0 Å². The molecule has 1 spiro atoms. The Bertz CT molecular complexity index is 698. The minimum absolute atomic E-state index is 0.0464. The van der Waals surface area contributed by atoms with Gasteiger partial charge < -0.3 is 18.9 Å². The predicted octanol–water partition coefficient (Wildman–Crippen LogP) is 13.6. The lowest BCUT2D eigenvalue weighted by Crippen LogP contribution is -2.56. The minimum Gasteiger partial charge on any atom is -0.351 e. The summed E-state index contributed by atoms with van der Waals surface area (Å²) in [7, 11) is 0. The quantitative estimate of drug-likeness (QED) is 0.290. The van der Waals surface area contributed by atoms with Crippen LogP contribution in [0.2, 0.25) is 0 Å². The molecular weight excluding hydrogens is 592 g/mol. The van der Waals surface area contributed by atoms with Crippen molar-refractivity contribution < 1.29 is 18.9 Å². The molecule has 6 fully saturated rings. The van der Waals surface area contributed by atoms with Crippen molar-refractivity contribution in [3.05, 3.63) is 0 Å². The normalized spacial score (nSPS) is 32.4. The lowest BCUT2D eigenvalue weighted by molar-refractivity contribution is -0.334. The molecule has 4 nitrogen and oxygen atoms in total. The fraction of sp³-hybridized carbons (Fsp3) is 1.00. The van der Waals surface area contributed by atoms with Crippen LogP contribution in [0.3, 0.4) is 0 Å². The van der Waals surface area contributed by atoms with E-state index >= 15 is 0 Å². The average molecular weight is 681 g/mol. The molecule has 6 rings (SSSR count). The molecule has 0 aromatic carbocycles. The lowest BCUT2D eigenvalue weighted by Gasteiger charge is -2.48. The summed E-state index contributed by atoms with van der Waals surface area (Å²) >= 11 is 0. The Balaban J connectivity index is 0.000000351. The molecule has 4 saturated carbocycles. The van der Waals surface area contributed by atoms with Gasteiger partial charge in [-0.05, 0) is 74.5 Å². The van der Waals surface area contributed by atoms with Crippen molar-refractivity contribution in [1.82, 2.24) is 0 Å². The SMILES string of the molecule is C1CC2C3CCC(C3)C2C1.CCC.CCC.CCC.CCC(C)(C)C1OCC2(CO1)COC(C(C)(C)CC)OC2.CCC1CCCCC1. The van der Waals surface area contributed by atoms with E-state index in [4.69, 9.17) is 18.9 Å². The number of rotatable bonds is 5. The molecule has 2 aliphatic heterocycles. The Morgan fingerprint density at radius 3 is 1.12 bits per heavy atom. The molecule has 2 heterocycles. The third-order valence-electron chi connectivity index (χ3n) is 11.9. The fourth-order valence-electron chi connectivity index (χ4n) is 8.21. The van der Waals surface area contributed by atoms with E-state index in [-0.39, 0.29) is 28.8 Å². The molecule has 4 heteroatoms. The van der Waals surface area contributed by atoms with Gasteiger partial charge in [-0.3, -0.25) is 0 Å². The van der Waals surface area contributed by atoms with Gasteiger partial charge in [0, 0.05) is 10.8 Å². The summed E-state index contributed by atoms with van der Waals surface area (Å²) in [5, 5.41) is 0. The maximum Gasteiger partial charge on any atom is 0.162 e. The van der Waals surface area contributed by atoms with Gasteiger partial charge in [0.1, 0.15) is 0 Å². The Morgan fingerprint density at radius 1 is 0.479 bits per heavy atom. The van der Waals surface area contributed by atoms with E-state index in [1.165, 1.54) is 81.5 Å². The Morgan fingerprint density at radius 2 is 0.833 bits per heavy atom. The van der Waals surface area contributed by atoms with Gasteiger partial charge in [-0.1, -0.05) is 154 Å². The van der Waals surface area contributed by atoms with Crippen LogP contribution >= 0.6 is 0 Å². The topological polar surface area (TPSA) is 36.9 Å². The number of ether oxygens (including phenoxy) is 4. The van der Waals surface area contributed by atoms with Crippen LogP contribution in [0.15, 0.2) is 0 Å². The summed E-state index contributed by atoms with van der Waals surface area (Å²) < 4.78 is 24.0. The lowest BCUT2D eigenvalue weighted by atomic mass is 9.82.